The van der Waals surface area contributed by atoms with Crippen LogP contribution in [0.25, 0.3) is 0 Å². The van der Waals surface area contributed by atoms with Crippen LogP contribution in [0.1, 0.15) is 29.6 Å². The average molecular weight is 336 g/mol. The Morgan fingerprint density at radius 3 is 2.92 bits per heavy atom. The Hall–Kier alpha value is -1.66. The monoisotopic (exact) mass is 336 g/mol. The Morgan fingerprint density at radius 2 is 2.21 bits per heavy atom. The quantitative estimate of drug-likeness (QED) is 0.914. The van der Waals surface area contributed by atoms with E-state index in [-0.39, 0.29) is 35.3 Å². The molecule has 6 heteroatoms. The van der Waals surface area contributed by atoms with Crippen molar-refractivity contribution in [2.75, 3.05) is 40.4 Å². The summed E-state index contributed by atoms with van der Waals surface area (Å²) in [6.45, 7) is 2.12. The number of piperidine rings is 2. The number of nitrogens with zero attached hydrogens (tertiary/aromatic N) is 2. The van der Waals surface area contributed by atoms with Gasteiger partial charge in [0.2, 0.25) is 0 Å². The number of halogens is 1. The van der Waals surface area contributed by atoms with Gasteiger partial charge in [-0.25, -0.2) is 4.39 Å². The molecule has 2 aliphatic heterocycles. The van der Waals surface area contributed by atoms with E-state index in [1.54, 1.807) is 11.0 Å². The molecule has 2 fully saturated rings. The number of hydrogen-bond acceptors (Lipinski definition) is 4. The lowest BCUT2D eigenvalue weighted by Gasteiger charge is -2.53. The van der Waals surface area contributed by atoms with Crippen LogP contribution < -0.4 is 4.74 Å². The van der Waals surface area contributed by atoms with Crippen molar-refractivity contribution in [1.82, 2.24) is 9.80 Å². The van der Waals surface area contributed by atoms with Gasteiger partial charge in [-0.1, -0.05) is 6.07 Å². The predicted molar refractivity (Wildman–Crippen MR) is 88.6 cm³/mol. The molecule has 2 aliphatic rings. The summed E-state index contributed by atoms with van der Waals surface area (Å²) in [6, 6.07) is 4.52. The highest BCUT2D eigenvalue weighted by Gasteiger charge is 2.47. The van der Waals surface area contributed by atoms with Crippen molar-refractivity contribution in [3.05, 3.63) is 29.6 Å². The van der Waals surface area contributed by atoms with Crippen molar-refractivity contribution < 1.29 is 19.0 Å². The molecular formula is C18H25FN2O3. The smallest absolute Gasteiger partial charge is 0.260 e. The third-order valence-corrected chi connectivity index (χ3v) is 5.71. The first-order chi connectivity index (χ1) is 11.5. The van der Waals surface area contributed by atoms with Crippen LogP contribution >= 0.6 is 0 Å². The van der Waals surface area contributed by atoms with E-state index in [9.17, 15) is 14.3 Å². The minimum Gasteiger partial charge on any atom is -0.496 e. The fourth-order valence-electron chi connectivity index (χ4n) is 4.24. The van der Waals surface area contributed by atoms with Crippen LogP contribution in [-0.2, 0) is 0 Å². The SMILES string of the molecule is COc1cccc(F)c1C(=O)N1CC[C@@]2(CO)CCCN(C)[C@@H]2C1. The molecule has 2 heterocycles. The molecule has 0 spiro atoms. The lowest BCUT2D eigenvalue weighted by Crippen LogP contribution is -2.62. The number of likely N-dealkylation sites (tertiary alicyclic amines) is 2. The van der Waals surface area contributed by atoms with Gasteiger partial charge in [-0.05, 0) is 45.0 Å². The lowest BCUT2D eigenvalue weighted by atomic mass is 9.69. The first-order valence-electron chi connectivity index (χ1n) is 8.45. The average Bonchev–Trinajstić information content (AvgIpc) is 2.61. The molecule has 0 aromatic heterocycles. The van der Waals surface area contributed by atoms with Gasteiger partial charge in [0.15, 0.2) is 0 Å². The molecule has 0 saturated carbocycles. The lowest BCUT2D eigenvalue weighted by molar-refractivity contribution is -0.0602. The molecule has 3 rings (SSSR count). The number of fused-ring (bicyclic) bond motifs is 1. The maximum Gasteiger partial charge on any atom is 0.260 e. The molecule has 0 bridgehead atoms. The number of rotatable bonds is 3. The molecule has 2 saturated heterocycles. The molecule has 1 aromatic rings. The number of aliphatic hydroxyl groups is 1. The Labute approximate surface area is 142 Å². The summed E-state index contributed by atoms with van der Waals surface area (Å²) in [5, 5.41) is 9.95. The van der Waals surface area contributed by atoms with Crippen molar-refractivity contribution >= 4 is 5.91 Å². The third kappa shape index (κ3) is 2.78. The van der Waals surface area contributed by atoms with E-state index in [1.165, 1.54) is 19.2 Å². The van der Waals surface area contributed by atoms with Crippen molar-refractivity contribution in [3.8, 4) is 5.75 Å². The normalized spacial score (nSPS) is 27.7. The minimum atomic E-state index is -0.560. The minimum absolute atomic E-state index is 0.00467. The molecule has 1 aromatic carbocycles. The molecule has 0 unspecified atom stereocenters. The molecule has 1 amide bonds. The first kappa shape index (κ1) is 17.2. The molecule has 132 valence electrons. The Kier molecular flexibility index (Phi) is 4.78. The van der Waals surface area contributed by atoms with E-state index in [2.05, 4.69) is 4.90 Å². The zero-order valence-electron chi connectivity index (χ0n) is 14.3. The standard InChI is InChI=1S/C18H25FN2O3/c1-20-9-4-7-18(12-22)8-10-21(11-15(18)20)17(23)16-13(19)5-3-6-14(16)24-2/h3,5-6,15,22H,4,7-12H2,1-2H3/t15-,18-/m1/s1. The summed E-state index contributed by atoms with van der Waals surface area (Å²) in [6.07, 6.45) is 2.77. The number of carbonyl (C=O) groups excluding carboxylic acids is 1. The second kappa shape index (κ2) is 6.69. The second-order valence-electron chi connectivity index (χ2n) is 6.94. The number of amides is 1. The van der Waals surface area contributed by atoms with Gasteiger partial charge in [0, 0.05) is 24.5 Å². The van der Waals surface area contributed by atoms with E-state index >= 15 is 0 Å². The Balaban J connectivity index is 1.86. The van der Waals surface area contributed by atoms with Gasteiger partial charge in [0.05, 0.1) is 13.7 Å². The third-order valence-electron chi connectivity index (χ3n) is 5.71. The summed E-state index contributed by atoms with van der Waals surface area (Å²) in [5.74, 6) is -0.637. The van der Waals surface area contributed by atoms with Gasteiger partial charge in [-0.2, -0.15) is 0 Å². The summed E-state index contributed by atoms with van der Waals surface area (Å²) < 4.78 is 19.4. The molecule has 5 nitrogen and oxygen atoms in total. The number of hydrogen-bond donors (Lipinski definition) is 1. The summed E-state index contributed by atoms with van der Waals surface area (Å²) in [4.78, 5) is 16.8. The van der Waals surface area contributed by atoms with Gasteiger partial charge in [-0.3, -0.25) is 4.79 Å². The number of likely N-dealkylation sites (N-methyl/N-ethyl adjacent to an activating group) is 1. The number of aliphatic hydroxyl groups excluding tert-OH is 1. The van der Waals surface area contributed by atoms with Gasteiger partial charge >= 0.3 is 0 Å². The van der Waals surface area contributed by atoms with Crippen LogP contribution in [0.3, 0.4) is 0 Å². The topological polar surface area (TPSA) is 53.0 Å². The number of methoxy groups -OCH3 is 1. The summed E-state index contributed by atoms with van der Waals surface area (Å²) >= 11 is 0. The number of ether oxygens (including phenoxy) is 1. The molecule has 24 heavy (non-hydrogen) atoms. The highest BCUT2D eigenvalue weighted by atomic mass is 19.1. The molecule has 0 radical (unpaired) electrons. The van der Waals surface area contributed by atoms with Gasteiger partial charge in [0.25, 0.3) is 5.91 Å². The first-order valence-corrected chi connectivity index (χ1v) is 8.45. The van der Waals surface area contributed by atoms with Crippen LogP contribution in [0, 0.1) is 11.2 Å². The second-order valence-corrected chi connectivity index (χ2v) is 6.94. The van der Waals surface area contributed by atoms with Gasteiger partial charge < -0.3 is 19.6 Å². The predicted octanol–water partition coefficient (Wildman–Crippen LogP) is 1.75. The summed E-state index contributed by atoms with van der Waals surface area (Å²) in [7, 11) is 3.47. The van der Waals surface area contributed by atoms with Crippen molar-refractivity contribution in [2.24, 2.45) is 5.41 Å². The molecule has 1 N–H and O–H groups in total. The highest BCUT2D eigenvalue weighted by molar-refractivity contribution is 5.97. The Morgan fingerprint density at radius 1 is 1.42 bits per heavy atom. The van der Waals surface area contributed by atoms with Gasteiger partial charge in [-0.15, -0.1) is 0 Å². The fourth-order valence-corrected chi connectivity index (χ4v) is 4.24. The van der Waals surface area contributed by atoms with E-state index in [4.69, 9.17) is 4.74 Å². The summed E-state index contributed by atoms with van der Waals surface area (Å²) in [5.41, 5.74) is -0.154. The maximum atomic E-state index is 14.2. The van der Waals surface area contributed by atoms with Gasteiger partial charge in [0.1, 0.15) is 17.1 Å². The zero-order chi connectivity index (χ0) is 17.3. The number of carbonyl (C=O) groups is 1. The molecular weight excluding hydrogens is 311 g/mol. The largest absolute Gasteiger partial charge is 0.496 e. The van der Waals surface area contributed by atoms with Crippen molar-refractivity contribution in [1.29, 1.82) is 0 Å². The Bertz CT molecular complexity index is 624. The van der Waals surface area contributed by atoms with Crippen LogP contribution in [-0.4, -0.2) is 67.3 Å². The molecule has 0 aliphatic carbocycles. The molecule has 2 atom stereocenters. The van der Waals surface area contributed by atoms with E-state index in [1.807, 2.05) is 7.05 Å². The fraction of sp³-hybridized carbons (Fsp3) is 0.611. The zero-order valence-corrected chi connectivity index (χ0v) is 14.3. The van der Waals surface area contributed by atoms with Crippen LogP contribution in [0.15, 0.2) is 18.2 Å². The van der Waals surface area contributed by atoms with Crippen LogP contribution in [0.2, 0.25) is 0 Å². The van der Waals surface area contributed by atoms with Crippen molar-refractivity contribution in [3.63, 3.8) is 0 Å². The van der Waals surface area contributed by atoms with E-state index in [0.29, 0.717) is 13.1 Å². The van der Waals surface area contributed by atoms with Crippen LogP contribution in [0.5, 0.6) is 5.75 Å². The van der Waals surface area contributed by atoms with Crippen LogP contribution in [0.4, 0.5) is 4.39 Å². The maximum absolute atomic E-state index is 14.2. The van der Waals surface area contributed by atoms with Crippen molar-refractivity contribution in [2.45, 2.75) is 25.3 Å². The van der Waals surface area contributed by atoms with E-state index < -0.39 is 5.82 Å². The highest BCUT2D eigenvalue weighted by Crippen LogP contribution is 2.42. The number of benzene rings is 1. The van der Waals surface area contributed by atoms with E-state index in [0.717, 1.165) is 25.8 Å².